The molecule has 0 aliphatic heterocycles. The Balaban J connectivity index is 3.02. The standard InChI is InChI=1S/C11H11FN2O/c1-7-5-9(12)6-8(11(7)14)3-2-4-10(13)15/h5-6H,4,14H2,1H3,(H2,13,15). The van der Waals surface area contributed by atoms with E-state index in [1.807, 2.05) is 0 Å². The Kier molecular flexibility index (Phi) is 3.29. The van der Waals surface area contributed by atoms with E-state index in [0.717, 1.165) is 0 Å². The van der Waals surface area contributed by atoms with Crippen LogP contribution >= 0.6 is 0 Å². The van der Waals surface area contributed by atoms with E-state index in [4.69, 9.17) is 11.5 Å². The molecule has 0 saturated carbocycles. The van der Waals surface area contributed by atoms with Gasteiger partial charge in [0.1, 0.15) is 5.82 Å². The highest BCUT2D eigenvalue weighted by molar-refractivity contribution is 5.76. The molecule has 1 aromatic carbocycles. The lowest BCUT2D eigenvalue weighted by atomic mass is 10.1. The Morgan fingerprint density at radius 1 is 1.53 bits per heavy atom. The second kappa shape index (κ2) is 4.47. The zero-order chi connectivity index (χ0) is 11.4. The molecule has 0 heterocycles. The molecule has 0 radical (unpaired) electrons. The molecule has 0 fully saturated rings. The summed E-state index contributed by atoms with van der Waals surface area (Å²) in [6.07, 6.45) is -0.0605. The Morgan fingerprint density at radius 3 is 2.80 bits per heavy atom. The lowest BCUT2D eigenvalue weighted by Gasteiger charge is -2.02. The molecule has 0 saturated heterocycles. The van der Waals surface area contributed by atoms with Gasteiger partial charge in [-0.05, 0) is 24.6 Å². The van der Waals surface area contributed by atoms with E-state index in [0.29, 0.717) is 16.8 Å². The Bertz CT molecular complexity index is 458. The van der Waals surface area contributed by atoms with Crippen LogP contribution in [0, 0.1) is 24.6 Å². The molecule has 1 amide bonds. The number of carbonyl (C=O) groups excluding carboxylic acids is 1. The van der Waals surface area contributed by atoms with Crippen LogP contribution in [0.5, 0.6) is 0 Å². The van der Waals surface area contributed by atoms with Gasteiger partial charge in [-0.1, -0.05) is 11.8 Å². The lowest BCUT2D eigenvalue weighted by Crippen LogP contribution is -2.08. The van der Waals surface area contributed by atoms with E-state index in [1.165, 1.54) is 12.1 Å². The molecule has 15 heavy (non-hydrogen) atoms. The average Bonchev–Trinajstić information content (AvgIpc) is 2.12. The second-order valence-corrected chi connectivity index (χ2v) is 3.13. The number of rotatable bonds is 1. The summed E-state index contributed by atoms with van der Waals surface area (Å²) in [6, 6.07) is 2.56. The van der Waals surface area contributed by atoms with Gasteiger partial charge >= 0.3 is 0 Å². The van der Waals surface area contributed by atoms with Gasteiger partial charge in [0.2, 0.25) is 5.91 Å². The molecule has 0 aromatic heterocycles. The Hall–Kier alpha value is -2.02. The third-order valence-corrected chi connectivity index (χ3v) is 1.84. The minimum Gasteiger partial charge on any atom is -0.397 e. The largest absolute Gasteiger partial charge is 0.397 e. The third kappa shape index (κ3) is 2.99. The molecule has 78 valence electrons. The number of carbonyl (C=O) groups is 1. The van der Waals surface area contributed by atoms with Crippen LogP contribution in [0.4, 0.5) is 10.1 Å². The molecule has 0 spiro atoms. The predicted molar refractivity (Wildman–Crippen MR) is 56.2 cm³/mol. The number of primary amides is 1. The van der Waals surface area contributed by atoms with Crippen LogP contribution in [0.3, 0.4) is 0 Å². The first-order valence-corrected chi connectivity index (χ1v) is 4.33. The van der Waals surface area contributed by atoms with Crippen molar-refractivity contribution in [2.24, 2.45) is 5.73 Å². The summed E-state index contributed by atoms with van der Waals surface area (Å²) in [5.74, 6) is 4.22. The molecule has 1 aromatic rings. The van der Waals surface area contributed by atoms with Crippen molar-refractivity contribution in [1.82, 2.24) is 0 Å². The van der Waals surface area contributed by atoms with Crippen molar-refractivity contribution in [1.29, 1.82) is 0 Å². The van der Waals surface area contributed by atoms with E-state index < -0.39 is 11.7 Å². The lowest BCUT2D eigenvalue weighted by molar-refractivity contribution is -0.117. The molecule has 1 rings (SSSR count). The van der Waals surface area contributed by atoms with Gasteiger partial charge in [0.25, 0.3) is 0 Å². The van der Waals surface area contributed by atoms with Gasteiger partial charge in [0.05, 0.1) is 17.7 Å². The number of halogens is 1. The van der Waals surface area contributed by atoms with Crippen LogP contribution < -0.4 is 11.5 Å². The van der Waals surface area contributed by atoms with E-state index in [-0.39, 0.29) is 6.42 Å². The quantitative estimate of drug-likeness (QED) is 0.530. The zero-order valence-electron chi connectivity index (χ0n) is 8.30. The molecule has 4 N–H and O–H groups in total. The van der Waals surface area contributed by atoms with Crippen molar-refractivity contribution in [3.8, 4) is 11.8 Å². The number of hydrogen-bond acceptors (Lipinski definition) is 2. The molecule has 0 atom stereocenters. The average molecular weight is 206 g/mol. The number of nitrogen functional groups attached to an aromatic ring is 1. The zero-order valence-corrected chi connectivity index (χ0v) is 8.30. The first-order valence-electron chi connectivity index (χ1n) is 4.33. The maximum absolute atomic E-state index is 13.0. The van der Waals surface area contributed by atoms with Crippen molar-refractivity contribution in [2.75, 3.05) is 5.73 Å². The van der Waals surface area contributed by atoms with Gasteiger partial charge in [-0.2, -0.15) is 0 Å². The maximum Gasteiger partial charge on any atom is 0.229 e. The highest BCUT2D eigenvalue weighted by atomic mass is 19.1. The highest BCUT2D eigenvalue weighted by Crippen LogP contribution is 2.17. The van der Waals surface area contributed by atoms with Crippen LogP contribution in [0.2, 0.25) is 0 Å². The number of amides is 1. The molecule has 0 bridgehead atoms. The third-order valence-electron chi connectivity index (χ3n) is 1.84. The molecule has 0 unspecified atom stereocenters. The van der Waals surface area contributed by atoms with Gasteiger partial charge in [0, 0.05) is 0 Å². The van der Waals surface area contributed by atoms with Crippen LogP contribution in [-0.2, 0) is 4.79 Å². The topological polar surface area (TPSA) is 69.1 Å². The summed E-state index contributed by atoms with van der Waals surface area (Å²) < 4.78 is 13.0. The number of aryl methyl sites for hydroxylation is 1. The summed E-state index contributed by atoms with van der Waals surface area (Å²) in [5, 5.41) is 0. The minimum absolute atomic E-state index is 0.0605. The SMILES string of the molecule is Cc1cc(F)cc(C#CCC(N)=O)c1N. The molecule has 3 nitrogen and oxygen atoms in total. The molecule has 0 aliphatic rings. The van der Waals surface area contributed by atoms with Gasteiger partial charge in [0.15, 0.2) is 0 Å². The van der Waals surface area contributed by atoms with Crippen molar-refractivity contribution in [3.63, 3.8) is 0 Å². The summed E-state index contributed by atoms with van der Waals surface area (Å²) in [4.78, 5) is 10.4. The summed E-state index contributed by atoms with van der Waals surface area (Å²) in [7, 11) is 0. The Morgan fingerprint density at radius 2 is 2.20 bits per heavy atom. The number of hydrogen-bond donors (Lipinski definition) is 2. The fourth-order valence-electron chi connectivity index (χ4n) is 1.08. The summed E-state index contributed by atoms with van der Waals surface area (Å²) in [6.45, 7) is 1.69. The second-order valence-electron chi connectivity index (χ2n) is 3.13. The Labute approximate surface area is 87.3 Å². The fraction of sp³-hybridized carbons (Fsp3) is 0.182. The number of nitrogens with two attached hydrogens (primary N) is 2. The predicted octanol–water partition coefficient (Wildman–Crippen LogP) is 0.943. The van der Waals surface area contributed by atoms with Gasteiger partial charge in [-0.25, -0.2) is 4.39 Å². The first-order chi connectivity index (χ1) is 7.00. The molecule has 0 aliphatic carbocycles. The van der Waals surface area contributed by atoms with Gasteiger partial charge in [-0.15, -0.1) is 0 Å². The number of benzene rings is 1. The van der Waals surface area contributed by atoms with E-state index in [9.17, 15) is 9.18 Å². The van der Waals surface area contributed by atoms with Crippen molar-refractivity contribution >= 4 is 11.6 Å². The highest BCUT2D eigenvalue weighted by Gasteiger charge is 2.02. The van der Waals surface area contributed by atoms with Gasteiger partial charge < -0.3 is 11.5 Å². The molecule has 4 heteroatoms. The van der Waals surface area contributed by atoms with E-state index in [2.05, 4.69) is 11.8 Å². The van der Waals surface area contributed by atoms with Crippen LogP contribution in [0.1, 0.15) is 17.5 Å². The van der Waals surface area contributed by atoms with Crippen LogP contribution in [0.15, 0.2) is 12.1 Å². The normalized spacial score (nSPS) is 9.20. The monoisotopic (exact) mass is 206 g/mol. The van der Waals surface area contributed by atoms with E-state index >= 15 is 0 Å². The fourth-order valence-corrected chi connectivity index (χ4v) is 1.08. The first kappa shape index (κ1) is 11.1. The van der Waals surface area contributed by atoms with Crippen molar-refractivity contribution < 1.29 is 9.18 Å². The van der Waals surface area contributed by atoms with E-state index in [1.54, 1.807) is 6.92 Å². The number of anilines is 1. The smallest absolute Gasteiger partial charge is 0.229 e. The minimum atomic E-state index is -0.519. The van der Waals surface area contributed by atoms with Crippen molar-refractivity contribution in [3.05, 3.63) is 29.1 Å². The van der Waals surface area contributed by atoms with Crippen LogP contribution in [-0.4, -0.2) is 5.91 Å². The summed E-state index contributed by atoms with van der Waals surface area (Å²) in [5.41, 5.74) is 12.0. The maximum atomic E-state index is 13.0. The van der Waals surface area contributed by atoms with Crippen LogP contribution in [0.25, 0.3) is 0 Å². The molecular formula is C11H11FN2O. The van der Waals surface area contributed by atoms with Gasteiger partial charge in [-0.3, -0.25) is 4.79 Å². The molecular weight excluding hydrogens is 195 g/mol. The summed E-state index contributed by atoms with van der Waals surface area (Å²) >= 11 is 0. The van der Waals surface area contributed by atoms with Crippen molar-refractivity contribution in [2.45, 2.75) is 13.3 Å².